The fraction of sp³-hybridized carbons (Fsp3) is 0.556. The zero-order chi connectivity index (χ0) is 15.1. The van der Waals surface area contributed by atoms with E-state index in [0.717, 1.165) is 24.8 Å². The molecule has 0 aliphatic carbocycles. The van der Waals surface area contributed by atoms with Crippen molar-refractivity contribution >= 4 is 11.7 Å². The van der Waals surface area contributed by atoms with Crippen LogP contribution in [-0.2, 0) is 6.42 Å². The molecule has 21 heavy (non-hydrogen) atoms. The van der Waals surface area contributed by atoms with E-state index in [-0.39, 0.29) is 11.7 Å². The van der Waals surface area contributed by atoms with E-state index in [2.05, 4.69) is 12.2 Å². The van der Waals surface area contributed by atoms with Gasteiger partial charge in [0.1, 0.15) is 0 Å². The van der Waals surface area contributed by atoms with E-state index in [9.17, 15) is 9.59 Å². The third-order valence-electron chi connectivity index (χ3n) is 4.11. The number of hydrogen-bond acceptors (Lipinski definition) is 2. The van der Waals surface area contributed by atoms with Crippen molar-refractivity contribution < 1.29 is 9.59 Å². The van der Waals surface area contributed by atoms with Crippen LogP contribution in [0.5, 0.6) is 0 Å². The van der Waals surface area contributed by atoms with E-state index < -0.39 is 0 Å². The molecule has 1 aromatic carbocycles. The lowest BCUT2D eigenvalue weighted by molar-refractivity contribution is 0.0946. The van der Waals surface area contributed by atoms with Crippen molar-refractivity contribution in [3.05, 3.63) is 34.9 Å². The minimum absolute atomic E-state index is 0.0505. The van der Waals surface area contributed by atoms with Crippen molar-refractivity contribution in [1.82, 2.24) is 5.32 Å². The second-order valence-corrected chi connectivity index (χ2v) is 5.82. The summed E-state index contributed by atoms with van der Waals surface area (Å²) in [6.07, 6.45) is 8.53. The molecular formula is C18H25NO2. The molecule has 0 spiro atoms. The molecule has 1 aliphatic heterocycles. The Hall–Kier alpha value is -1.64. The highest BCUT2D eigenvalue weighted by Crippen LogP contribution is 2.18. The molecular weight excluding hydrogens is 262 g/mol. The summed E-state index contributed by atoms with van der Waals surface area (Å²) in [5.41, 5.74) is 2.41. The summed E-state index contributed by atoms with van der Waals surface area (Å²) in [5, 5.41) is 2.83. The SMILES string of the molecule is CCCCCCCCC(=O)c1ccc2c(c1)C(=O)NCC2. The topological polar surface area (TPSA) is 46.2 Å². The Morgan fingerprint density at radius 1 is 1.14 bits per heavy atom. The monoisotopic (exact) mass is 287 g/mol. The molecule has 1 N–H and O–H groups in total. The van der Waals surface area contributed by atoms with Gasteiger partial charge in [0.05, 0.1) is 0 Å². The molecule has 0 unspecified atom stereocenters. The molecule has 114 valence electrons. The Labute approximate surface area is 127 Å². The number of hydrogen-bond donors (Lipinski definition) is 1. The summed E-state index contributed by atoms with van der Waals surface area (Å²) in [6, 6.07) is 5.57. The Balaban J connectivity index is 1.85. The first-order valence-corrected chi connectivity index (χ1v) is 8.16. The van der Waals surface area contributed by atoms with E-state index in [4.69, 9.17) is 0 Å². The fourth-order valence-electron chi connectivity index (χ4n) is 2.80. The number of amides is 1. The zero-order valence-electron chi connectivity index (χ0n) is 12.9. The number of ketones is 1. The first-order valence-electron chi connectivity index (χ1n) is 8.16. The van der Waals surface area contributed by atoms with Crippen molar-refractivity contribution in [1.29, 1.82) is 0 Å². The third kappa shape index (κ3) is 4.42. The highest BCUT2D eigenvalue weighted by molar-refractivity contribution is 6.02. The molecule has 0 radical (unpaired) electrons. The Bertz CT molecular complexity index is 508. The van der Waals surface area contributed by atoms with Gasteiger partial charge in [-0.05, 0) is 24.5 Å². The summed E-state index contributed by atoms with van der Waals surface area (Å²) >= 11 is 0. The molecule has 0 fully saturated rings. The lowest BCUT2D eigenvalue weighted by atomic mass is 9.95. The lowest BCUT2D eigenvalue weighted by Crippen LogP contribution is -2.31. The second kappa shape index (κ2) is 7.96. The van der Waals surface area contributed by atoms with E-state index >= 15 is 0 Å². The first kappa shape index (κ1) is 15.7. The Kier molecular flexibility index (Phi) is 5.97. The molecule has 0 bridgehead atoms. The van der Waals surface area contributed by atoms with E-state index in [1.54, 1.807) is 6.07 Å². The quantitative estimate of drug-likeness (QED) is 0.582. The predicted molar refractivity (Wildman–Crippen MR) is 84.8 cm³/mol. The van der Waals surface area contributed by atoms with Gasteiger partial charge in [-0.3, -0.25) is 9.59 Å². The van der Waals surface area contributed by atoms with Gasteiger partial charge in [0, 0.05) is 24.1 Å². The van der Waals surface area contributed by atoms with Crippen LogP contribution in [0.3, 0.4) is 0 Å². The van der Waals surface area contributed by atoms with Crippen LogP contribution in [0.15, 0.2) is 18.2 Å². The summed E-state index contributed by atoms with van der Waals surface area (Å²) in [6.45, 7) is 2.90. The van der Waals surface area contributed by atoms with Gasteiger partial charge in [0.2, 0.25) is 0 Å². The van der Waals surface area contributed by atoms with Crippen LogP contribution in [0.25, 0.3) is 0 Å². The molecule has 0 aromatic heterocycles. The number of Topliss-reactive ketones (excluding diaryl/α,β-unsaturated/α-hetero) is 1. The summed E-state index contributed by atoms with van der Waals surface area (Å²) in [4.78, 5) is 24.0. The number of rotatable bonds is 8. The fourth-order valence-corrected chi connectivity index (χ4v) is 2.80. The van der Waals surface area contributed by atoms with Gasteiger partial charge >= 0.3 is 0 Å². The smallest absolute Gasteiger partial charge is 0.251 e. The summed E-state index contributed by atoms with van der Waals surface area (Å²) < 4.78 is 0. The maximum absolute atomic E-state index is 12.2. The standard InChI is InChI=1S/C18H25NO2/c1-2-3-4-5-6-7-8-17(20)15-10-9-14-11-12-19-18(21)16(14)13-15/h9-10,13H,2-8,11-12H2,1H3,(H,19,21). The molecule has 1 aliphatic rings. The molecule has 2 rings (SSSR count). The Morgan fingerprint density at radius 3 is 2.71 bits per heavy atom. The minimum Gasteiger partial charge on any atom is -0.352 e. The lowest BCUT2D eigenvalue weighted by Gasteiger charge is -2.16. The maximum Gasteiger partial charge on any atom is 0.251 e. The summed E-state index contributed by atoms with van der Waals surface area (Å²) in [7, 11) is 0. The maximum atomic E-state index is 12.2. The molecule has 1 heterocycles. The number of unbranched alkanes of at least 4 members (excludes halogenated alkanes) is 5. The van der Waals surface area contributed by atoms with Gasteiger partial charge in [-0.15, -0.1) is 0 Å². The molecule has 0 saturated carbocycles. The van der Waals surface area contributed by atoms with Gasteiger partial charge in [-0.25, -0.2) is 0 Å². The van der Waals surface area contributed by atoms with Gasteiger partial charge in [-0.1, -0.05) is 51.2 Å². The molecule has 1 amide bonds. The molecule has 3 nitrogen and oxygen atoms in total. The number of nitrogens with one attached hydrogen (secondary N) is 1. The van der Waals surface area contributed by atoms with Crippen molar-refractivity contribution in [3.63, 3.8) is 0 Å². The zero-order valence-corrected chi connectivity index (χ0v) is 12.9. The van der Waals surface area contributed by atoms with Crippen LogP contribution in [0.4, 0.5) is 0 Å². The van der Waals surface area contributed by atoms with Crippen LogP contribution in [0.2, 0.25) is 0 Å². The average molecular weight is 287 g/mol. The van der Waals surface area contributed by atoms with E-state index in [1.807, 2.05) is 12.1 Å². The number of carbonyl (C=O) groups excluding carboxylic acids is 2. The highest BCUT2D eigenvalue weighted by Gasteiger charge is 2.18. The highest BCUT2D eigenvalue weighted by atomic mass is 16.1. The Morgan fingerprint density at radius 2 is 1.90 bits per heavy atom. The van der Waals surface area contributed by atoms with Crippen LogP contribution < -0.4 is 5.32 Å². The number of fused-ring (bicyclic) bond motifs is 1. The number of benzene rings is 1. The predicted octanol–water partition coefficient (Wildman–Crippen LogP) is 3.91. The second-order valence-electron chi connectivity index (χ2n) is 5.82. The average Bonchev–Trinajstić information content (AvgIpc) is 2.50. The normalized spacial score (nSPS) is 13.7. The summed E-state index contributed by atoms with van der Waals surface area (Å²) in [5.74, 6) is 0.108. The van der Waals surface area contributed by atoms with Crippen molar-refractivity contribution in [3.8, 4) is 0 Å². The van der Waals surface area contributed by atoms with E-state index in [1.165, 1.54) is 25.7 Å². The van der Waals surface area contributed by atoms with Gasteiger partial charge in [0.15, 0.2) is 5.78 Å². The van der Waals surface area contributed by atoms with Crippen molar-refractivity contribution in [2.45, 2.75) is 58.3 Å². The van der Waals surface area contributed by atoms with E-state index in [0.29, 0.717) is 24.1 Å². The van der Waals surface area contributed by atoms with Gasteiger partial charge < -0.3 is 5.32 Å². The van der Waals surface area contributed by atoms with Crippen LogP contribution in [0, 0.1) is 0 Å². The first-order chi connectivity index (χ1) is 10.2. The van der Waals surface area contributed by atoms with Crippen molar-refractivity contribution in [2.75, 3.05) is 6.54 Å². The van der Waals surface area contributed by atoms with Crippen LogP contribution >= 0.6 is 0 Å². The van der Waals surface area contributed by atoms with Gasteiger partial charge in [0.25, 0.3) is 5.91 Å². The van der Waals surface area contributed by atoms with Crippen molar-refractivity contribution in [2.24, 2.45) is 0 Å². The number of carbonyl (C=O) groups is 2. The molecule has 1 aromatic rings. The molecule has 0 atom stereocenters. The third-order valence-corrected chi connectivity index (χ3v) is 4.11. The van der Waals surface area contributed by atoms with Gasteiger partial charge in [-0.2, -0.15) is 0 Å². The van der Waals surface area contributed by atoms with Crippen LogP contribution in [0.1, 0.15) is 78.1 Å². The largest absolute Gasteiger partial charge is 0.352 e. The molecule has 3 heteroatoms. The molecule has 0 saturated heterocycles. The minimum atomic E-state index is -0.0505. The van der Waals surface area contributed by atoms with Crippen LogP contribution in [-0.4, -0.2) is 18.2 Å².